The fourth-order valence-corrected chi connectivity index (χ4v) is 3.40. The van der Waals surface area contributed by atoms with Crippen LogP contribution in [0.15, 0.2) is 42.7 Å². The van der Waals surface area contributed by atoms with E-state index in [0.717, 1.165) is 32.8 Å². The Bertz CT molecular complexity index is 924. The molecule has 7 heteroatoms. The summed E-state index contributed by atoms with van der Waals surface area (Å²) in [5.41, 5.74) is 1.97. The molecule has 0 saturated heterocycles. The summed E-state index contributed by atoms with van der Waals surface area (Å²) in [5.74, 6) is 1.50. The lowest BCUT2D eigenvalue weighted by Crippen LogP contribution is -2.26. The maximum absolute atomic E-state index is 11.6. The van der Waals surface area contributed by atoms with E-state index in [4.69, 9.17) is 0 Å². The largest absolute Gasteiger partial charge is 0.337 e. The third-order valence-corrected chi connectivity index (χ3v) is 5.32. The molecular weight excluding hydrogens is 346 g/mol. The first-order valence-electron chi connectivity index (χ1n) is 8.30. The maximum atomic E-state index is 11.6. The zero-order valence-electron chi connectivity index (χ0n) is 15.2. The van der Waals surface area contributed by atoms with Crippen LogP contribution in [0.5, 0.6) is 0 Å². The highest BCUT2D eigenvalue weighted by Gasteiger charge is 2.18. The first kappa shape index (κ1) is 18.0. The van der Waals surface area contributed by atoms with Gasteiger partial charge in [0.05, 0.1) is 16.6 Å². The number of aromatic nitrogens is 3. The number of hydrogen-bond acceptors (Lipinski definition) is 6. The molecule has 3 aromatic heterocycles. The van der Waals surface area contributed by atoms with Gasteiger partial charge in [0.2, 0.25) is 5.91 Å². The van der Waals surface area contributed by atoms with E-state index in [1.807, 2.05) is 50.4 Å². The average Bonchev–Trinajstić information content (AvgIpc) is 3.11. The molecule has 3 rings (SSSR count). The normalized spacial score (nSPS) is 11.8. The lowest BCUT2D eigenvalue weighted by molar-refractivity contribution is -0.129. The Morgan fingerprint density at radius 3 is 2.77 bits per heavy atom. The third kappa shape index (κ3) is 4.05. The molecule has 1 amide bonds. The van der Waals surface area contributed by atoms with Crippen LogP contribution in [0, 0.1) is 6.92 Å². The number of amides is 1. The highest BCUT2D eigenvalue weighted by molar-refractivity contribution is 7.15. The fraction of sp³-hybridized carbons (Fsp3) is 0.263. The Morgan fingerprint density at radius 1 is 1.23 bits per heavy atom. The lowest BCUT2D eigenvalue weighted by atomic mass is 10.3. The van der Waals surface area contributed by atoms with Gasteiger partial charge in [-0.25, -0.2) is 15.0 Å². The number of carbonyl (C=O) groups excluding carboxylic acids is 1. The van der Waals surface area contributed by atoms with Crippen LogP contribution in [-0.4, -0.2) is 32.8 Å². The van der Waals surface area contributed by atoms with Gasteiger partial charge in [0.1, 0.15) is 16.6 Å². The van der Waals surface area contributed by atoms with Gasteiger partial charge in [-0.2, -0.15) is 0 Å². The summed E-state index contributed by atoms with van der Waals surface area (Å²) in [6, 6.07) is 9.66. The number of aryl methyl sites for hydroxylation is 1. The second-order valence-electron chi connectivity index (χ2n) is 6.12. The topological polar surface area (TPSA) is 71.0 Å². The third-order valence-electron chi connectivity index (χ3n) is 4.13. The van der Waals surface area contributed by atoms with E-state index < -0.39 is 0 Å². The molecule has 0 aliphatic heterocycles. The van der Waals surface area contributed by atoms with Crippen molar-refractivity contribution in [3.63, 3.8) is 0 Å². The molecule has 0 unspecified atom stereocenters. The minimum absolute atomic E-state index is 0.0178. The van der Waals surface area contributed by atoms with Crippen LogP contribution >= 0.6 is 11.3 Å². The molecule has 1 N–H and O–H groups in total. The summed E-state index contributed by atoms with van der Waals surface area (Å²) in [6.45, 7) is 5.55. The average molecular weight is 367 g/mol. The number of nitrogens with one attached hydrogen (secondary N) is 1. The van der Waals surface area contributed by atoms with Crippen LogP contribution in [0.1, 0.15) is 30.5 Å². The van der Waals surface area contributed by atoms with Crippen molar-refractivity contribution < 1.29 is 4.79 Å². The summed E-state index contributed by atoms with van der Waals surface area (Å²) >= 11 is 1.55. The molecule has 0 fully saturated rings. The van der Waals surface area contributed by atoms with Crippen LogP contribution in [-0.2, 0) is 4.79 Å². The van der Waals surface area contributed by atoms with Crippen molar-refractivity contribution in [2.24, 2.45) is 0 Å². The van der Waals surface area contributed by atoms with Gasteiger partial charge in [-0.15, -0.1) is 11.3 Å². The molecule has 0 spiro atoms. The van der Waals surface area contributed by atoms with Crippen LogP contribution in [0.25, 0.3) is 10.6 Å². The Balaban J connectivity index is 1.81. The molecule has 0 aliphatic carbocycles. The first-order valence-corrected chi connectivity index (χ1v) is 9.12. The van der Waals surface area contributed by atoms with Crippen molar-refractivity contribution in [2.45, 2.75) is 26.8 Å². The van der Waals surface area contributed by atoms with Gasteiger partial charge in [-0.3, -0.25) is 4.79 Å². The van der Waals surface area contributed by atoms with E-state index in [1.165, 1.54) is 0 Å². The molecule has 0 saturated carbocycles. The Labute approximate surface area is 157 Å². The molecule has 0 radical (unpaired) electrons. The van der Waals surface area contributed by atoms with Crippen LogP contribution < -0.4 is 5.32 Å². The molecule has 26 heavy (non-hydrogen) atoms. The molecule has 3 heterocycles. The smallest absolute Gasteiger partial charge is 0.219 e. The maximum Gasteiger partial charge on any atom is 0.219 e. The summed E-state index contributed by atoms with van der Waals surface area (Å²) in [5, 5.41) is 4.11. The predicted octanol–water partition coefficient (Wildman–Crippen LogP) is 4.19. The molecule has 0 bridgehead atoms. The fourth-order valence-electron chi connectivity index (χ4n) is 2.41. The van der Waals surface area contributed by atoms with E-state index in [2.05, 4.69) is 20.3 Å². The zero-order valence-corrected chi connectivity index (χ0v) is 16.0. The quantitative estimate of drug-likeness (QED) is 0.732. The molecule has 6 nitrogen and oxygen atoms in total. The van der Waals surface area contributed by atoms with Gasteiger partial charge < -0.3 is 10.2 Å². The molecule has 0 aromatic carbocycles. The summed E-state index contributed by atoms with van der Waals surface area (Å²) in [6.07, 6.45) is 3.57. The first-order chi connectivity index (χ1) is 12.4. The second kappa shape index (κ2) is 7.61. The van der Waals surface area contributed by atoms with E-state index in [9.17, 15) is 4.79 Å². The van der Waals surface area contributed by atoms with E-state index in [0.29, 0.717) is 0 Å². The van der Waals surface area contributed by atoms with Gasteiger partial charge in [-0.1, -0.05) is 6.07 Å². The van der Waals surface area contributed by atoms with E-state index in [-0.39, 0.29) is 11.9 Å². The van der Waals surface area contributed by atoms with Crippen LogP contribution in [0.2, 0.25) is 0 Å². The highest BCUT2D eigenvalue weighted by atomic mass is 32.1. The Morgan fingerprint density at radius 2 is 2.04 bits per heavy atom. The summed E-state index contributed by atoms with van der Waals surface area (Å²) in [4.78, 5) is 27.6. The lowest BCUT2D eigenvalue weighted by Gasteiger charge is -2.21. The van der Waals surface area contributed by atoms with Gasteiger partial charge in [0.25, 0.3) is 0 Å². The molecular formula is C19H21N5OS. The van der Waals surface area contributed by atoms with Gasteiger partial charge in [0.15, 0.2) is 0 Å². The number of nitrogens with zero attached hydrogens (tertiary/aromatic N) is 4. The zero-order chi connectivity index (χ0) is 18.7. The van der Waals surface area contributed by atoms with Crippen LogP contribution in [0.3, 0.4) is 0 Å². The predicted molar refractivity (Wildman–Crippen MR) is 104 cm³/mol. The van der Waals surface area contributed by atoms with E-state index >= 15 is 0 Å². The number of carbonyl (C=O) groups is 1. The minimum atomic E-state index is -0.0657. The van der Waals surface area contributed by atoms with Crippen LogP contribution in [0.4, 0.5) is 11.6 Å². The van der Waals surface area contributed by atoms with Crippen molar-refractivity contribution in [1.82, 2.24) is 19.9 Å². The number of rotatable bonds is 5. The number of thiazole rings is 1. The SMILES string of the molecule is CC(=O)N(C)[C@@H](C)c1ncc(-c2cccc(Nc3cc(C)ccn3)n2)s1. The summed E-state index contributed by atoms with van der Waals surface area (Å²) in [7, 11) is 1.78. The van der Waals surface area contributed by atoms with Crippen molar-refractivity contribution in [1.29, 1.82) is 0 Å². The van der Waals surface area contributed by atoms with Gasteiger partial charge in [-0.05, 0) is 43.7 Å². The van der Waals surface area contributed by atoms with Gasteiger partial charge in [0, 0.05) is 26.4 Å². The highest BCUT2D eigenvalue weighted by Crippen LogP contribution is 2.30. The van der Waals surface area contributed by atoms with Gasteiger partial charge >= 0.3 is 0 Å². The monoisotopic (exact) mass is 367 g/mol. The Hall–Kier alpha value is -2.80. The van der Waals surface area contributed by atoms with Crippen molar-refractivity contribution >= 4 is 28.9 Å². The van der Waals surface area contributed by atoms with E-state index in [1.54, 1.807) is 36.4 Å². The van der Waals surface area contributed by atoms with Crippen molar-refractivity contribution in [2.75, 3.05) is 12.4 Å². The molecule has 0 aliphatic rings. The standard InChI is InChI=1S/C19H21N5OS/c1-12-8-9-20-18(10-12)23-17-7-5-6-15(22-17)16-11-21-19(26-16)13(2)24(4)14(3)25/h5-11,13H,1-4H3,(H,20,22,23)/t13-/m0/s1. The molecule has 134 valence electrons. The summed E-state index contributed by atoms with van der Waals surface area (Å²) < 4.78 is 0. The second-order valence-corrected chi connectivity index (χ2v) is 7.18. The number of hydrogen-bond donors (Lipinski definition) is 1. The molecule has 1 atom stereocenters. The minimum Gasteiger partial charge on any atom is -0.337 e. The Kier molecular flexibility index (Phi) is 5.27. The number of pyridine rings is 2. The van der Waals surface area contributed by atoms with Crippen molar-refractivity contribution in [3.05, 3.63) is 53.3 Å². The van der Waals surface area contributed by atoms with Crippen molar-refractivity contribution in [3.8, 4) is 10.6 Å². The molecule has 3 aromatic rings. The number of anilines is 2.